The predicted octanol–water partition coefficient (Wildman–Crippen LogP) is 3.47. The standard InChI is InChI=1S/C13H14FNO/c1-8(2)16-13-6-9(3)15-12-5-4-10(14)7-11(12)13/h4-8H,1-3H3. The van der Waals surface area contributed by atoms with Gasteiger partial charge in [0.2, 0.25) is 0 Å². The maximum Gasteiger partial charge on any atom is 0.130 e. The molecule has 0 fully saturated rings. The molecule has 0 saturated heterocycles. The minimum absolute atomic E-state index is 0.0632. The Hall–Kier alpha value is -1.64. The number of pyridine rings is 1. The lowest BCUT2D eigenvalue weighted by atomic mass is 10.2. The molecule has 0 aliphatic rings. The molecule has 0 atom stereocenters. The summed E-state index contributed by atoms with van der Waals surface area (Å²) in [7, 11) is 0. The summed E-state index contributed by atoms with van der Waals surface area (Å²) in [6.07, 6.45) is 0.0632. The van der Waals surface area contributed by atoms with Crippen molar-refractivity contribution >= 4 is 10.9 Å². The highest BCUT2D eigenvalue weighted by atomic mass is 19.1. The second-order valence-electron chi connectivity index (χ2n) is 4.09. The van der Waals surface area contributed by atoms with Gasteiger partial charge in [0.25, 0.3) is 0 Å². The minimum atomic E-state index is -0.272. The molecule has 2 aromatic rings. The quantitative estimate of drug-likeness (QED) is 0.771. The molecule has 16 heavy (non-hydrogen) atoms. The topological polar surface area (TPSA) is 22.1 Å². The zero-order valence-electron chi connectivity index (χ0n) is 9.62. The smallest absolute Gasteiger partial charge is 0.130 e. The van der Waals surface area contributed by atoms with Crippen LogP contribution in [0.1, 0.15) is 19.5 Å². The molecule has 0 radical (unpaired) electrons. The van der Waals surface area contributed by atoms with Crippen LogP contribution in [-0.2, 0) is 0 Å². The van der Waals surface area contributed by atoms with Gasteiger partial charge in [0.15, 0.2) is 0 Å². The van der Waals surface area contributed by atoms with E-state index in [-0.39, 0.29) is 11.9 Å². The molecule has 0 saturated carbocycles. The molecule has 0 unspecified atom stereocenters. The van der Waals surface area contributed by atoms with Crippen LogP contribution in [0.2, 0.25) is 0 Å². The van der Waals surface area contributed by atoms with Crippen molar-refractivity contribution in [3.05, 3.63) is 35.8 Å². The number of benzene rings is 1. The normalized spacial score (nSPS) is 11.1. The van der Waals surface area contributed by atoms with E-state index in [1.165, 1.54) is 12.1 Å². The largest absolute Gasteiger partial charge is 0.490 e. The van der Waals surface area contributed by atoms with Crippen LogP contribution in [0.15, 0.2) is 24.3 Å². The Morgan fingerprint density at radius 3 is 2.69 bits per heavy atom. The first-order valence-corrected chi connectivity index (χ1v) is 5.30. The van der Waals surface area contributed by atoms with Gasteiger partial charge in [-0.2, -0.15) is 0 Å². The Kier molecular flexibility index (Phi) is 2.77. The Morgan fingerprint density at radius 1 is 1.25 bits per heavy atom. The van der Waals surface area contributed by atoms with Gasteiger partial charge < -0.3 is 4.74 Å². The van der Waals surface area contributed by atoms with Gasteiger partial charge in [-0.05, 0) is 39.0 Å². The number of aromatic nitrogens is 1. The Balaban J connectivity index is 2.64. The third-order valence-electron chi connectivity index (χ3n) is 2.22. The van der Waals surface area contributed by atoms with Gasteiger partial charge in [0.1, 0.15) is 11.6 Å². The molecule has 0 aliphatic heterocycles. The molecule has 84 valence electrons. The molecule has 2 nitrogen and oxygen atoms in total. The van der Waals surface area contributed by atoms with Crippen LogP contribution in [0.25, 0.3) is 10.9 Å². The van der Waals surface area contributed by atoms with E-state index in [0.717, 1.165) is 16.6 Å². The highest BCUT2D eigenvalue weighted by Crippen LogP contribution is 2.26. The Labute approximate surface area is 94.1 Å². The van der Waals surface area contributed by atoms with E-state index < -0.39 is 0 Å². The summed E-state index contributed by atoms with van der Waals surface area (Å²) in [5.41, 5.74) is 1.63. The lowest BCUT2D eigenvalue weighted by Gasteiger charge is -2.12. The fraction of sp³-hybridized carbons (Fsp3) is 0.308. The van der Waals surface area contributed by atoms with Gasteiger partial charge in [0.05, 0.1) is 11.6 Å². The van der Waals surface area contributed by atoms with E-state index in [2.05, 4.69) is 4.98 Å². The van der Waals surface area contributed by atoms with Crippen molar-refractivity contribution in [3.63, 3.8) is 0 Å². The average Bonchev–Trinajstić information content (AvgIpc) is 2.18. The fourth-order valence-corrected chi connectivity index (χ4v) is 1.64. The summed E-state index contributed by atoms with van der Waals surface area (Å²) in [4.78, 5) is 4.34. The van der Waals surface area contributed by atoms with Gasteiger partial charge >= 0.3 is 0 Å². The average molecular weight is 219 g/mol. The monoisotopic (exact) mass is 219 g/mol. The van der Waals surface area contributed by atoms with Crippen molar-refractivity contribution in [2.75, 3.05) is 0 Å². The van der Waals surface area contributed by atoms with Crippen LogP contribution in [0.4, 0.5) is 4.39 Å². The van der Waals surface area contributed by atoms with E-state index in [4.69, 9.17) is 4.74 Å². The second-order valence-corrected chi connectivity index (χ2v) is 4.09. The van der Waals surface area contributed by atoms with Gasteiger partial charge in [-0.25, -0.2) is 4.39 Å². The SMILES string of the molecule is Cc1cc(OC(C)C)c2cc(F)ccc2n1. The molecule has 0 N–H and O–H groups in total. The number of ether oxygens (including phenoxy) is 1. The zero-order chi connectivity index (χ0) is 11.7. The highest BCUT2D eigenvalue weighted by Gasteiger charge is 2.07. The number of nitrogens with zero attached hydrogens (tertiary/aromatic N) is 1. The molecule has 1 aromatic carbocycles. The number of fused-ring (bicyclic) bond motifs is 1. The van der Waals surface area contributed by atoms with Crippen molar-refractivity contribution in [2.24, 2.45) is 0 Å². The lowest BCUT2D eigenvalue weighted by Crippen LogP contribution is -2.06. The number of aryl methyl sites for hydroxylation is 1. The summed E-state index contributed by atoms with van der Waals surface area (Å²) < 4.78 is 18.8. The Bertz CT molecular complexity index is 523. The van der Waals surface area contributed by atoms with Crippen LogP contribution in [0.3, 0.4) is 0 Å². The van der Waals surface area contributed by atoms with Gasteiger partial charge in [-0.15, -0.1) is 0 Å². The van der Waals surface area contributed by atoms with Crippen LogP contribution >= 0.6 is 0 Å². The summed E-state index contributed by atoms with van der Waals surface area (Å²) in [5, 5.41) is 0.722. The van der Waals surface area contributed by atoms with Crippen molar-refractivity contribution in [3.8, 4) is 5.75 Å². The molecule has 1 heterocycles. The molecule has 1 aromatic heterocycles. The third-order valence-corrected chi connectivity index (χ3v) is 2.22. The third kappa shape index (κ3) is 2.13. The van der Waals surface area contributed by atoms with E-state index >= 15 is 0 Å². The molecule has 0 spiro atoms. The first kappa shape index (κ1) is 10.9. The van der Waals surface area contributed by atoms with Crippen LogP contribution in [-0.4, -0.2) is 11.1 Å². The summed E-state index contributed by atoms with van der Waals surface area (Å²) in [5.74, 6) is 0.420. The number of hydrogen-bond donors (Lipinski definition) is 0. The van der Waals surface area contributed by atoms with Crippen molar-refractivity contribution in [1.29, 1.82) is 0 Å². The predicted molar refractivity (Wildman–Crippen MR) is 62.2 cm³/mol. The summed E-state index contributed by atoms with van der Waals surface area (Å²) in [6, 6.07) is 6.38. The Morgan fingerprint density at radius 2 is 2.00 bits per heavy atom. The van der Waals surface area contributed by atoms with Gasteiger partial charge in [-0.3, -0.25) is 4.98 Å². The molecule has 3 heteroatoms. The van der Waals surface area contributed by atoms with E-state index in [1.807, 2.05) is 26.8 Å². The molecular weight excluding hydrogens is 205 g/mol. The van der Waals surface area contributed by atoms with E-state index in [1.54, 1.807) is 6.07 Å². The minimum Gasteiger partial charge on any atom is -0.490 e. The molecular formula is C13H14FNO. The zero-order valence-corrected chi connectivity index (χ0v) is 9.62. The van der Waals surface area contributed by atoms with Gasteiger partial charge in [0, 0.05) is 17.1 Å². The molecule has 0 amide bonds. The summed E-state index contributed by atoms with van der Waals surface area (Å²) >= 11 is 0. The first-order chi connectivity index (χ1) is 7.56. The first-order valence-electron chi connectivity index (χ1n) is 5.30. The van der Waals surface area contributed by atoms with Crippen molar-refractivity contribution in [2.45, 2.75) is 26.9 Å². The van der Waals surface area contributed by atoms with E-state index in [0.29, 0.717) is 5.75 Å². The fourth-order valence-electron chi connectivity index (χ4n) is 1.64. The summed E-state index contributed by atoms with van der Waals surface area (Å²) in [6.45, 7) is 5.79. The van der Waals surface area contributed by atoms with Gasteiger partial charge in [-0.1, -0.05) is 0 Å². The molecule has 0 aliphatic carbocycles. The van der Waals surface area contributed by atoms with Crippen LogP contribution < -0.4 is 4.74 Å². The van der Waals surface area contributed by atoms with Crippen molar-refractivity contribution in [1.82, 2.24) is 4.98 Å². The van der Waals surface area contributed by atoms with Crippen LogP contribution in [0, 0.1) is 12.7 Å². The highest BCUT2D eigenvalue weighted by molar-refractivity contribution is 5.85. The second kappa shape index (κ2) is 4.08. The maximum atomic E-state index is 13.2. The molecule has 2 rings (SSSR count). The number of hydrogen-bond acceptors (Lipinski definition) is 2. The van der Waals surface area contributed by atoms with Crippen molar-refractivity contribution < 1.29 is 9.13 Å². The molecule has 0 bridgehead atoms. The maximum absolute atomic E-state index is 13.2. The number of rotatable bonds is 2. The van der Waals surface area contributed by atoms with E-state index in [9.17, 15) is 4.39 Å². The van der Waals surface area contributed by atoms with Crippen LogP contribution in [0.5, 0.6) is 5.75 Å². The lowest BCUT2D eigenvalue weighted by molar-refractivity contribution is 0.245. The number of halogens is 1.